The number of hydrogen-bond donors (Lipinski definition) is 0. The fourth-order valence-corrected chi connectivity index (χ4v) is 1.85. The summed E-state index contributed by atoms with van der Waals surface area (Å²) in [6, 6.07) is 4.44. The van der Waals surface area contributed by atoms with E-state index in [9.17, 15) is 4.39 Å². The molecule has 0 spiro atoms. The monoisotopic (exact) mass is 273 g/mol. The van der Waals surface area contributed by atoms with E-state index < -0.39 is 0 Å². The van der Waals surface area contributed by atoms with Gasteiger partial charge in [0.2, 0.25) is 0 Å². The van der Waals surface area contributed by atoms with Crippen molar-refractivity contribution >= 4 is 23.2 Å². The standard InChI is InChI=1S/C11H10Cl2FN3/c12-4-3-10-7-17(16-15-10)6-8-5-9(13)1-2-11(8)14/h1-2,5,7H,3-4,6H2. The van der Waals surface area contributed by atoms with E-state index >= 15 is 0 Å². The summed E-state index contributed by atoms with van der Waals surface area (Å²) in [7, 11) is 0. The van der Waals surface area contributed by atoms with Crippen LogP contribution in [0, 0.1) is 5.82 Å². The van der Waals surface area contributed by atoms with E-state index in [2.05, 4.69) is 10.3 Å². The van der Waals surface area contributed by atoms with Gasteiger partial charge in [0.25, 0.3) is 0 Å². The Morgan fingerprint density at radius 2 is 2.18 bits per heavy atom. The summed E-state index contributed by atoms with van der Waals surface area (Å²) in [4.78, 5) is 0. The van der Waals surface area contributed by atoms with Gasteiger partial charge in [0.15, 0.2) is 0 Å². The highest BCUT2D eigenvalue weighted by Crippen LogP contribution is 2.15. The number of nitrogens with zero attached hydrogens (tertiary/aromatic N) is 3. The van der Waals surface area contributed by atoms with Crippen LogP contribution in [0.2, 0.25) is 5.02 Å². The molecule has 0 bridgehead atoms. The molecule has 6 heteroatoms. The summed E-state index contributed by atoms with van der Waals surface area (Å²) in [5, 5.41) is 8.33. The lowest BCUT2D eigenvalue weighted by molar-refractivity contribution is 0.577. The van der Waals surface area contributed by atoms with Crippen molar-refractivity contribution in [3.05, 3.63) is 46.5 Å². The van der Waals surface area contributed by atoms with Crippen LogP contribution in [0.4, 0.5) is 4.39 Å². The smallest absolute Gasteiger partial charge is 0.128 e. The molecule has 0 aliphatic heterocycles. The van der Waals surface area contributed by atoms with Gasteiger partial charge >= 0.3 is 0 Å². The average molecular weight is 274 g/mol. The number of aromatic nitrogens is 3. The maximum atomic E-state index is 13.5. The Balaban J connectivity index is 2.16. The number of aryl methyl sites for hydroxylation is 1. The molecule has 0 atom stereocenters. The van der Waals surface area contributed by atoms with Crippen molar-refractivity contribution in [3.63, 3.8) is 0 Å². The second-order valence-electron chi connectivity index (χ2n) is 3.58. The Morgan fingerprint density at radius 3 is 2.94 bits per heavy atom. The molecule has 0 N–H and O–H groups in total. The molecule has 0 fully saturated rings. The third-order valence-corrected chi connectivity index (χ3v) is 2.70. The Bertz CT molecular complexity index is 513. The first kappa shape index (κ1) is 12.3. The zero-order valence-electron chi connectivity index (χ0n) is 8.91. The van der Waals surface area contributed by atoms with Gasteiger partial charge in [0.05, 0.1) is 12.2 Å². The number of halogens is 3. The highest BCUT2D eigenvalue weighted by atomic mass is 35.5. The number of benzene rings is 1. The predicted octanol–water partition coefficient (Wildman–Crippen LogP) is 2.90. The number of rotatable bonds is 4. The summed E-state index contributed by atoms with van der Waals surface area (Å²) < 4.78 is 15.0. The molecule has 0 radical (unpaired) electrons. The van der Waals surface area contributed by atoms with Crippen LogP contribution in [0.25, 0.3) is 0 Å². The predicted molar refractivity (Wildman–Crippen MR) is 65.0 cm³/mol. The third kappa shape index (κ3) is 3.17. The van der Waals surface area contributed by atoms with Crippen molar-refractivity contribution < 1.29 is 4.39 Å². The Kier molecular flexibility index (Phi) is 3.97. The van der Waals surface area contributed by atoms with Crippen LogP contribution in [0.3, 0.4) is 0 Å². The van der Waals surface area contributed by atoms with Crippen molar-refractivity contribution in [2.24, 2.45) is 0 Å². The Hall–Kier alpha value is -1.13. The van der Waals surface area contributed by atoms with E-state index in [-0.39, 0.29) is 5.82 Å². The summed E-state index contributed by atoms with van der Waals surface area (Å²) >= 11 is 11.4. The molecular weight excluding hydrogens is 264 g/mol. The van der Waals surface area contributed by atoms with Crippen molar-refractivity contribution in [1.29, 1.82) is 0 Å². The zero-order chi connectivity index (χ0) is 12.3. The van der Waals surface area contributed by atoms with Crippen LogP contribution in [-0.2, 0) is 13.0 Å². The van der Waals surface area contributed by atoms with Gasteiger partial charge < -0.3 is 0 Å². The molecule has 90 valence electrons. The summed E-state index contributed by atoms with van der Waals surface area (Å²) in [6.45, 7) is 0.307. The number of alkyl halides is 1. The summed E-state index contributed by atoms with van der Waals surface area (Å²) in [5.41, 5.74) is 1.28. The normalized spacial score (nSPS) is 10.8. The van der Waals surface area contributed by atoms with E-state index in [1.165, 1.54) is 12.1 Å². The van der Waals surface area contributed by atoms with Crippen LogP contribution in [-0.4, -0.2) is 20.9 Å². The molecule has 0 saturated heterocycles. The zero-order valence-corrected chi connectivity index (χ0v) is 10.4. The van der Waals surface area contributed by atoms with Crippen LogP contribution < -0.4 is 0 Å². The fraction of sp³-hybridized carbons (Fsp3) is 0.273. The topological polar surface area (TPSA) is 30.7 Å². The molecule has 0 unspecified atom stereocenters. The SMILES string of the molecule is Fc1ccc(Cl)cc1Cn1cc(CCCl)nn1. The molecule has 0 saturated carbocycles. The minimum atomic E-state index is -0.302. The average Bonchev–Trinajstić information content (AvgIpc) is 2.72. The molecule has 1 aromatic heterocycles. The Labute approximate surface area is 108 Å². The van der Waals surface area contributed by atoms with Gasteiger partial charge in [-0.15, -0.1) is 16.7 Å². The van der Waals surface area contributed by atoms with Crippen molar-refractivity contribution in [2.75, 3.05) is 5.88 Å². The van der Waals surface area contributed by atoms with Crippen molar-refractivity contribution in [2.45, 2.75) is 13.0 Å². The van der Waals surface area contributed by atoms with E-state index in [1.54, 1.807) is 16.9 Å². The lowest BCUT2D eigenvalue weighted by Crippen LogP contribution is -2.02. The van der Waals surface area contributed by atoms with Crippen LogP contribution in [0.1, 0.15) is 11.3 Å². The lowest BCUT2D eigenvalue weighted by Gasteiger charge is -2.03. The molecule has 2 rings (SSSR count). The van der Waals surface area contributed by atoms with Gasteiger partial charge in [-0.25, -0.2) is 9.07 Å². The van der Waals surface area contributed by atoms with Gasteiger partial charge in [0, 0.05) is 29.1 Å². The molecule has 17 heavy (non-hydrogen) atoms. The van der Waals surface area contributed by atoms with Gasteiger partial charge in [-0.1, -0.05) is 16.8 Å². The lowest BCUT2D eigenvalue weighted by atomic mass is 10.2. The van der Waals surface area contributed by atoms with Gasteiger partial charge in [-0.05, 0) is 18.2 Å². The largest absolute Gasteiger partial charge is 0.248 e. The van der Waals surface area contributed by atoms with Crippen LogP contribution in [0.15, 0.2) is 24.4 Å². The van der Waals surface area contributed by atoms with Gasteiger partial charge in [0.1, 0.15) is 5.82 Å². The molecule has 0 amide bonds. The van der Waals surface area contributed by atoms with Gasteiger partial charge in [-0.3, -0.25) is 0 Å². The van der Waals surface area contributed by atoms with Crippen LogP contribution >= 0.6 is 23.2 Å². The molecule has 1 aromatic carbocycles. The minimum absolute atomic E-state index is 0.302. The van der Waals surface area contributed by atoms with Crippen molar-refractivity contribution in [1.82, 2.24) is 15.0 Å². The molecule has 0 aliphatic rings. The number of hydrogen-bond acceptors (Lipinski definition) is 2. The maximum absolute atomic E-state index is 13.5. The first-order chi connectivity index (χ1) is 8.19. The molecule has 1 heterocycles. The highest BCUT2D eigenvalue weighted by molar-refractivity contribution is 6.30. The fourth-order valence-electron chi connectivity index (χ4n) is 1.47. The second kappa shape index (κ2) is 5.47. The summed E-state index contributed by atoms with van der Waals surface area (Å²) in [5.74, 6) is 0.188. The Morgan fingerprint density at radius 1 is 1.35 bits per heavy atom. The highest BCUT2D eigenvalue weighted by Gasteiger charge is 2.06. The first-order valence-electron chi connectivity index (χ1n) is 5.08. The van der Waals surface area contributed by atoms with Crippen molar-refractivity contribution in [3.8, 4) is 0 Å². The third-order valence-electron chi connectivity index (χ3n) is 2.28. The van der Waals surface area contributed by atoms with E-state index in [0.717, 1.165) is 5.69 Å². The molecule has 0 aliphatic carbocycles. The van der Waals surface area contributed by atoms with E-state index in [4.69, 9.17) is 23.2 Å². The molecule has 2 aromatic rings. The quantitative estimate of drug-likeness (QED) is 0.802. The minimum Gasteiger partial charge on any atom is -0.248 e. The summed E-state index contributed by atoms with van der Waals surface area (Å²) in [6.07, 6.45) is 2.41. The van der Waals surface area contributed by atoms with E-state index in [1.807, 2.05) is 0 Å². The first-order valence-corrected chi connectivity index (χ1v) is 5.99. The maximum Gasteiger partial charge on any atom is 0.128 e. The second-order valence-corrected chi connectivity index (χ2v) is 4.40. The van der Waals surface area contributed by atoms with E-state index in [0.29, 0.717) is 29.4 Å². The molecule has 3 nitrogen and oxygen atoms in total. The molecular formula is C11H10Cl2FN3. The van der Waals surface area contributed by atoms with Gasteiger partial charge in [-0.2, -0.15) is 0 Å². The van der Waals surface area contributed by atoms with Crippen LogP contribution in [0.5, 0.6) is 0 Å².